The van der Waals surface area contributed by atoms with Crippen molar-refractivity contribution in [3.05, 3.63) is 30.0 Å². The Morgan fingerprint density at radius 3 is 2.60 bits per heavy atom. The van der Waals surface area contributed by atoms with E-state index in [0.717, 1.165) is 42.3 Å². The summed E-state index contributed by atoms with van der Waals surface area (Å²) in [4.78, 5) is 29.9. The molecule has 1 saturated carbocycles. The number of benzene rings is 1. The number of aromatic amines is 1. The van der Waals surface area contributed by atoms with Crippen molar-refractivity contribution in [3.8, 4) is 5.75 Å². The molecule has 1 aliphatic rings. The Morgan fingerprint density at radius 2 is 1.96 bits per heavy atom. The number of nitrogens with zero attached hydrogens (tertiary/aromatic N) is 1. The molecule has 0 radical (unpaired) electrons. The zero-order valence-electron chi connectivity index (χ0n) is 15.0. The van der Waals surface area contributed by atoms with E-state index in [9.17, 15) is 9.59 Å². The van der Waals surface area contributed by atoms with Gasteiger partial charge in [0.2, 0.25) is 5.91 Å². The predicted molar refractivity (Wildman–Crippen MR) is 96.8 cm³/mol. The number of H-pyrrole nitrogens is 1. The lowest BCUT2D eigenvalue weighted by atomic mass is 9.84. The maximum Gasteiger partial charge on any atom is 0.267 e. The molecule has 0 unspecified atom stereocenters. The number of rotatable bonds is 5. The van der Waals surface area contributed by atoms with Crippen molar-refractivity contribution in [3.63, 3.8) is 0 Å². The van der Waals surface area contributed by atoms with E-state index >= 15 is 0 Å². The van der Waals surface area contributed by atoms with Crippen LogP contribution in [0.15, 0.2) is 24.3 Å². The van der Waals surface area contributed by atoms with Gasteiger partial charge >= 0.3 is 0 Å². The van der Waals surface area contributed by atoms with Gasteiger partial charge in [0.05, 0.1) is 12.5 Å². The molecule has 1 heterocycles. The number of nitrogens with one attached hydrogen (secondary N) is 2. The molecule has 134 valence electrons. The molecule has 6 heteroatoms. The third-order valence-electron chi connectivity index (χ3n) is 5.08. The second-order valence-electron chi connectivity index (χ2n) is 7.01. The SMILES string of the molecule is COc1ccc2[nH]c(C(=O)NCC3(C(=O)N(C)C)CCCC3)cc2c1. The molecule has 2 N–H and O–H groups in total. The Labute approximate surface area is 147 Å². The van der Waals surface area contributed by atoms with Crippen LogP contribution in [0.25, 0.3) is 10.9 Å². The summed E-state index contributed by atoms with van der Waals surface area (Å²) in [5.41, 5.74) is 0.911. The fourth-order valence-corrected chi connectivity index (χ4v) is 3.70. The molecule has 0 bridgehead atoms. The molecule has 1 fully saturated rings. The zero-order valence-corrected chi connectivity index (χ0v) is 15.0. The van der Waals surface area contributed by atoms with Crippen LogP contribution in [-0.2, 0) is 4.79 Å². The molecular weight excluding hydrogens is 318 g/mol. The van der Waals surface area contributed by atoms with Gasteiger partial charge < -0.3 is 19.9 Å². The van der Waals surface area contributed by atoms with Crippen LogP contribution in [-0.4, -0.2) is 49.4 Å². The quantitative estimate of drug-likeness (QED) is 0.876. The number of carbonyl (C=O) groups is 2. The first kappa shape index (κ1) is 17.3. The number of methoxy groups -OCH3 is 1. The number of fused-ring (bicyclic) bond motifs is 1. The van der Waals surface area contributed by atoms with Crippen LogP contribution in [0.1, 0.15) is 36.2 Å². The molecule has 6 nitrogen and oxygen atoms in total. The van der Waals surface area contributed by atoms with Crippen LogP contribution in [0.2, 0.25) is 0 Å². The van der Waals surface area contributed by atoms with E-state index in [1.54, 1.807) is 26.1 Å². The Morgan fingerprint density at radius 1 is 1.24 bits per heavy atom. The molecule has 0 aliphatic heterocycles. The molecule has 1 aromatic carbocycles. The Hall–Kier alpha value is -2.50. The summed E-state index contributed by atoms with van der Waals surface area (Å²) >= 11 is 0. The number of aromatic nitrogens is 1. The van der Waals surface area contributed by atoms with Crippen molar-refractivity contribution in [1.82, 2.24) is 15.2 Å². The molecule has 1 aromatic heterocycles. The summed E-state index contributed by atoms with van der Waals surface area (Å²) in [5.74, 6) is 0.666. The third-order valence-corrected chi connectivity index (χ3v) is 5.08. The summed E-state index contributed by atoms with van der Waals surface area (Å²) in [6, 6.07) is 7.43. The highest BCUT2D eigenvalue weighted by atomic mass is 16.5. The molecule has 3 rings (SSSR count). The summed E-state index contributed by atoms with van der Waals surface area (Å²) in [7, 11) is 5.16. The lowest BCUT2D eigenvalue weighted by molar-refractivity contribution is -0.138. The highest BCUT2D eigenvalue weighted by Gasteiger charge is 2.42. The largest absolute Gasteiger partial charge is 0.497 e. The number of amides is 2. The molecular formula is C19H25N3O3. The number of ether oxygens (including phenoxy) is 1. The van der Waals surface area contributed by atoms with Crippen molar-refractivity contribution in [2.24, 2.45) is 5.41 Å². The molecule has 2 aromatic rings. The second kappa shape index (κ2) is 6.78. The van der Waals surface area contributed by atoms with Gasteiger partial charge in [-0.1, -0.05) is 12.8 Å². The number of carbonyl (C=O) groups excluding carboxylic acids is 2. The topological polar surface area (TPSA) is 74.4 Å². The van der Waals surface area contributed by atoms with Crippen molar-refractivity contribution < 1.29 is 14.3 Å². The van der Waals surface area contributed by atoms with Crippen LogP contribution in [0.5, 0.6) is 5.75 Å². The smallest absolute Gasteiger partial charge is 0.267 e. The van der Waals surface area contributed by atoms with Gasteiger partial charge in [-0.25, -0.2) is 0 Å². The Kier molecular flexibility index (Phi) is 4.70. The predicted octanol–water partition coefficient (Wildman–Crippen LogP) is 2.55. The van der Waals surface area contributed by atoms with Gasteiger partial charge in [-0.2, -0.15) is 0 Å². The lowest BCUT2D eigenvalue weighted by Crippen LogP contribution is -2.46. The molecule has 0 spiro atoms. The highest BCUT2D eigenvalue weighted by molar-refractivity contribution is 5.98. The Bertz CT molecular complexity index is 788. The molecule has 2 amide bonds. The van der Waals surface area contributed by atoms with Crippen LogP contribution in [0.3, 0.4) is 0 Å². The average Bonchev–Trinajstić information content (AvgIpc) is 3.25. The fourth-order valence-electron chi connectivity index (χ4n) is 3.70. The van der Waals surface area contributed by atoms with Crippen molar-refractivity contribution in [2.45, 2.75) is 25.7 Å². The van der Waals surface area contributed by atoms with Crippen molar-refractivity contribution in [1.29, 1.82) is 0 Å². The maximum atomic E-state index is 12.6. The molecule has 0 atom stereocenters. The van der Waals surface area contributed by atoms with E-state index in [4.69, 9.17) is 4.74 Å². The standard InChI is InChI=1S/C19H25N3O3/c1-22(2)18(24)19(8-4-5-9-19)12-20-17(23)16-11-13-10-14(25-3)6-7-15(13)21-16/h6-7,10-11,21H,4-5,8-9,12H2,1-3H3,(H,20,23). The van der Waals surface area contributed by atoms with E-state index in [0.29, 0.717) is 12.2 Å². The summed E-state index contributed by atoms with van der Waals surface area (Å²) in [6.45, 7) is 0.377. The minimum atomic E-state index is -0.464. The van der Waals surface area contributed by atoms with Gasteiger partial charge in [0.1, 0.15) is 11.4 Å². The van der Waals surface area contributed by atoms with Gasteiger partial charge in [-0.15, -0.1) is 0 Å². The molecule has 25 heavy (non-hydrogen) atoms. The first-order valence-electron chi connectivity index (χ1n) is 8.62. The van der Waals surface area contributed by atoms with E-state index in [2.05, 4.69) is 10.3 Å². The minimum absolute atomic E-state index is 0.103. The minimum Gasteiger partial charge on any atom is -0.497 e. The van der Waals surface area contributed by atoms with Gasteiger partial charge in [-0.3, -0.25) is 9.59 Å². The monoisotopic (exact) mass is 343 g/mol. The second-order valence-corrected chi connectivity index (χ2v) is 7.01. The highest BCUT2D eigenvalue weighted by Crippen LogP contribution is 2.39. The van der Waals surface area contributed by atoms with E-state index in [1.807, 2.05) is 24.3 Å². The van der Waals surface area contributed by atoms with Gasteiger partial charge in [0.15, 0.2) is 0 Å². The van der Waals surface area contributed by atoms with Gasteiger partial charge in [0, 0.05) is 31.5 Å². The van der Waals surface area contributed by atoms with E-state index in [-0.39, 0.29) is 11.8 Å². The Balaban J connectivity index is 1.74. The third kappa shape index (κ3) is 3.34. The van der Waals surface area contributed by atoms with Crippen LogP contribution >= 0.6 is 0 Å². The van der Waals surface area contributed by atoms with Crippen molar-refractivity contribution >= 4 is 22.7 Å². The lowest BCUT2D eigenvalue weighted by Gasteiger charge is -2.30. The normalized spacial score (nSPS) is 16.0. The first-order valence-corrected chi connectivity index (χ1v) is 8.62. The fraction of sp³-hybridized carbons (Fsp3) is 0.474. The number of hydrogen-bond acceptors (Lipinski definition) is 3. The van der Waals surface area contributed by atoms with Crippen molar-refractivity contribution in [2.75, 3.05) is 27.7 Å². The average molecular weight is 343 g/mol. The molecule has 0 saturated heterocycles. The molecule has 1 aliphatic carbocycles. The van der Waals surface area contributed by atoms with Crippen LogP contribution in [0, 0.1) is 5.41 Å². The van der Waals surface area contributed by atoms with E-state index < -0.39 is 5.41 Å². The maximum absolute atomic E-state index is 12.6. The summed E-state index contributed by atoms with van der Waals surface area (Å²) in [5, 5.41) is 3.88. The summed E-state index contributed by atoms with van der Waals surface area (Å²) < 4.78 is 5.21. The first-order chi connectivity index (χ1) is 11.9. The summed E-state index contributed by atoms with van der Waals surface area (Å²) in [6.07, 6.45) is 3.71. The van der Waals surface area contributed by atoms with Crippen LogP contribution in [0.4, 0.5) is 0 Å². The van der Waals surface area contributed by atoms with Gasteiger partial charge in [0.25, 0.3) is 5.91 Å². The number of hydrogen-bond donors (Lipinski definition) is 2. The van der Waals surface area contributed by atoms with Crippen LogP contribution < -0.4 is 10.1 Å². The van der Waals surface area contributed by atoms with Gasteiger partial charge in [-0.05, 0) is 37.1 Å². The zero-order chi connectivity index (χ0) is 18.0. The van der Waals surface area contributed by atoms with E-state index in [1.165, 1.54) is 0 Å².